The van der Waals surface area contributed by atoms with E-state index in [1.165, 1.54) is 24.9 Å². The van der Waals surface area contributed by atoms with Crippen LogP contribution in [-0.4, -0.2) is 55.7 Å². The molecule has 3 N–H and O–H groups in total. The lowest BCUT2D eigenvalue weighted by Crippen LogP contribution is -2.50. The molecule has 12 heteroatoms. The van der Waals surface area contributed by atoms with Crippen LogP contribution in [0.15, 0.2) is 101 Å². The number of carbonyl (C=O) groups excluding carboxylic acids is 1. The topological polar surface area (TPSA) is 151 Å². The van der Waals surface area contributed by atoms with Crippen molar-refractivity contribution in [2.75, 3.05) is 13.7 Å². The van der Waals surface area contributed by atoms with Crippen molar-refractivity contribution in [2.45, 2.75) is 44.8 Å². The number of ether oxygens (including phenoxy) is 2. The van der Waals surface area contributed by atoms with Crippen LogP contribution in [0.4, 0.5) is 0 Å². The number of nitrogens with one attached hydrogen (secondary N) is 1. The molecule has 4 rings (SSSR count). The van der Waals surface area contributed by atoms with Crippen LogP contribution in [0.25, 0.3) is 0 Å². The standard InChI is InChI=1S/C32H36N3O8P/c1-22-19-34(31(38)33-30(22)37)21-29(36)35(20-23(2)44(39,40)41)24(3)43-32(25-11-7-5-8-12-25,26-13-9-6-10-14-26)27-15-17-28(42-4)18-16-27/h5-19,23-24H,20-21H2,1-4H3,(H,33,37,38)(H2,39,40,41). The first kappa shape index (κ1) is 32.6. The van der Waals surface area contributed by atoms with Gasteiger partial charge in [-0.05, 0) is 49.6 Å². The molecule has 11 nitrogen and oxygen atoms in total. The Bertz CT molecular complexity index is 1690. The zero-order valence-electron chi connectivity index (χ0n) is 24.9. The summed E-state index contributed by atoms with van der Waals surface area (Å²) in [5.41, 5.74) is -1.46. The maximum atomic E-state index is 13.9. The lowest BCUT2D eigenvalue weighted by molar-refractivity contribution is -0.157. The van der Waals surface area contributed by atoms with Crippen molar-refractivity contribution in [3.63, 3.8) is 0 Å². The maximum absolute atomic E-state index is 13.9. The number of hydrogen-bond donors (Lipinski definition) is 3. The number of amides is 1. The third-order valence-corrected chi connectivity index (χ3v) is 8.81. The summed E-state index contributed by atoms with van der Waals surface area (Å²) in [6.07, 6.45) is 0.198. The van der Waals surface area contributed by atoms with Crippen molar-refractivity contribution in [3.05, 3.63) is 134 Å². The summed E-state index contributed by atoms with van der Waals surface area (Å²) in [6.45, 7) is 3.60. The lowest BCUT2D eigenvalue weighted by Gasteiger charge is -2.42. The fourth-order valence-corrected chi connectivity index (χ4v) is 5.40. The van der Waals surface area contributed by atoms with Gasteiger partial charge in [-0.25, -0.2) is 4.79 Å². The molecule has 4 aromatic rings. The first-order chi connectivity index (χ1) is 20.9. The Labute approximate surface area is 254 Å². The zero-order valence-corrected chi connectivity index (χ0v) is 25.8. The van der Waals surface area contributed by atoms with Gasteiger partial charge in [-0.15, -0.1) is 0 Å². The number of benzene rings is 3. The van der Waals surface area contributed by atoms with Gasteiger partial charge in [0.15, 0.2) is 0 Å². The normalized spacial score (nSPS) is 13.2. The second-order valence-corrected chi connectivity index (χ2v) is 12.6. The molecule has 0 radical (unpaired) electrons. The molecule has 1 aromatic heterocycles. The minimum atomic E-state index is -4.61. The van der Waals surface area contributed by atoms with Crippen molar-refractivity contribution in [1.29, 1.82) is 0 Å². The SMILES string of the molecule is COc1ccc(C(OC(C)N(CC(C)P(=O)(O)O)C(=O)Cn2cc(C)c(=O)[nH]c2=O)(c2ccccc2)c2ccccc2)cc1. The fraction of sp³-hybridized carbons (Fsp3) is 0.281. The molecule has 2 atom stereocenters. The number of rotatable bonds is 12. The Hall–Kier alpha value is -4.28. The number of methoxy groups -OCH3 is 1. The van der Waals surface area contributed by atoms with Crippen molar-refractivity contribution >= 4 is 13.5 Å². The molecule has 0 aliphatic heterocycles. The maximum Gasteiger partial charge on any atom is 0.330 e. The summed E-state index contributed by atoms with van der Waals surface area (Å²) in [4.78, 5) is 61.5. The highest BCUT2D eigenvalue weighted by atomic mass is 31.2. The van der Waals surface area contributed by atoms with Gasteiger partial charge in [0.1, 0.15) is 24.1 Å². The van der Waals surface area contributed by atoms with Gasteiger partial charge in [0, 0.05) is 18.3 Å². The Morgan fingerprint density at radius 2 is 1.45 bits per heavy atom. The van der Waals surface area contributed by atoms with Crippen LogP contribution in [0.3, 0.4) is 0 Å². The minimum absolute atomic E-state index is 0.225. The van der Waals surface area contributed by atoms with Gasteiger partial charge in [-0.2, -0.15) is 0 Å². The number of carbonyl (C=O) groups is 1. The molecule has 44 heavy (non-hydrogen) atoms. The van der Waals surface area contributed by atoms with Gasteiger partial charge in [0.2, 0.25) is 5.91 Å². The molecule has 2 unspecified atom stereocenters. The number of nitrogens with zero attached hydrogens (tertiary/aromatic N) is 2. The molecular weight excluding hydrogens is 585 g/mol. The summed E-state index contributed by atoms with van der Waals surface area (Å²) >= 11 is 0. The van der Waals surface area contributed by atoms with Crippen molar-refractivity contribution in [2.24, 2.45) is 0 Å². The van der Waals surface area contributed by atoms with Gasteiger partial charge < -0.3 is 24.2 Å². The summed E-state index contributed by atoms with van der Waals surface area (Å²) in [7, 11) is -3.04. The molecule has 0 fully saturated rings. The number of H-pyrrole nitrogens is 1. The summed E-state index contributed by atoms with van der Waals surface area (Å²) < 4.78 is 25.6. The zero-order chi connectivity index (χ0) is 32.1. The average molecular weight is 622 g/mol. The van der Waals surface area contributed by atoms with E-state index < -0.39 is 48.8 Å². The highest BCUT2D eigenvalue weighted by Gasteiger charge is 2.42. The van der Waals surface area contributed by atoms with Crippen LogP contribution in [0, 0.1) is 6.92 Å². The van der Waals surface area contributed by atoms with E-state index in [2.05, 4.69) is 4.98 Å². The van der Waals surface area contributed by atoms with Gasteiger partial charge >= 0.3 is 13.3 Å². The van der Waals surface area contributed by atoms with Crippen LogP contribution < -0.4 is 16.0 Å². The molecule has 0 saturated heterocycles. The monoisotopic (exact) mass is 621 g/mol. The van der Waals surface area contributed by atoms with E-state index in [9.17, 15) is 28.7 Å². The van der Waals surface area contributed by atoms with E-state index in [0.29, 0.717) is 11.3 Å². The van der Waals surface area contributed by atoms with Crippen LogP contribution >= 0.6 is 7.60 Å². The quantitative estimate of drug-likeness (QED) is 0.123. The predicted octanol–water partition coefficient (Wildman–Crippen LogP) is 3.60. The number of aromatic nitrogens is 2. The molecule has 1 amide bonds. The van der Waals surface area contributed by atoms with Crippen LogP contribution in [0.1, 0.15) is 36.1 Å². The van der Waals surface area contributed by atoms with E-state index in [1.54, 1.807) is 26.2 Å². The third kappa shape index (κ3) is 7.09. The molecule has 0 bridgehead atoms. The molecule has 1 heterocycles. The van der Waals surface area contributed by atoms with Crippen LogP contribution in [-0.2, 0) is 26.2 Å². The number of aryl methyl sites for hydroxylation is 1. The first-order valence-corrected chi connectivity index (χ1v) is 15.6. The van der Waals surface area contributed by atoms with Crippen molar-refractivity contribution in [3.8, 4) is 5.75 Å². The fourth-order valence-electron chi connectivity index (χ4n) is 5.01. The molecule has 0 spiro atoms. The van der Waals surface area contributed by atoms with E-state index in [0.717, 1.165) is 15.7 Å². The van der Waals surface area contributed by atoms with Crippen molar-refractivity contribution < 1.29 is 28.6 Å². The second kappa shape index (κ2) is 13.6. The van der Waals surface area contributed by atoms with E-state index in [-0.39, 0.29) is 12.1 Å². The summed E-state index contributed by atoms with van der Waals surface area (Å²) in [6, 6.07) is 26.1. The van der Waals surface area contributed by atoms with Gasteiger partial charge in [-0.1, -0.05) is 72.8 Å². The number of aromatic amines is 1. The van der Waals surface area contributed by atoms with Gasteiger partial charge in [0.25, 0.3) is 5.56 Å². The Kier molecular flexibility index (Phi) is 10.1. The van der Waals surface area contributed by atoms with Crippen LogP contribution in [0.5, 0.6) is 5.75 Å². The number of hydrogen-bond acceptors (Lipinski definition) is 6. The summed E-state index contributed by atoms with van der Waals surface area (Å²) in [5.74, 6) is -0.0122. The van der Waals surface area contributed by atoms with E-state index in [1.807, 2.05) is 72.8 Å². The highest BCUT2D eigenvalue weighted by Crippen LogP contribution is 2.44. The van der Waals surface area contributed by atoms with E-state index >= 15 is 0 Å². The lowest BCUT2D eigenvalue weighted by atomic mass is 9.80. The smallest absolute Gasteiger partial charge is 0.330 e. The molecule has 0 saturated carbocycles. The predicted molar refractivity (Wildman–Crippen MR) is 166 cm³/mol. The molecular formula is C32H36N3O8P. The van der Waals surface area contributed by atoms with Crippen LogP contribution in [0.2, 0.25) is 0 Å². The highest BCUT2D eigenvalue weighted by molar-refractivity contribution is 7.52. The minimum Gasteiger partial charge on any atom is -0.497 e. The first-order valence-electron chi connectivity index (χ1n) is 13.9. The Morgan fingerprint density at radius 3 is 1.95 bits per heavy atom. The molecule has 232 valence electrons. The molecule has 0 aliphatic carbocycles. The van der Waals surface area contributed by atoms with E-state index in [4.69, 9.17) is 9.47 Å². The average Bonchev–Trinajstić information content (AvgIpc) is 3.01. The van der Waals surface area contributed by atoms with Gasteiger partial charge in [0.05, 0.1) is 12.8 Å². The van der Waals surface area contributed by atoms with Crippen molar-refractivity contribution in [1.82, 2.24) is 14.5 Å². The Balaban J connectivity index is 1.86. The molecule has 3 aromatic carbocycles. The Morgan fingerprint density at radius 1 is 0.932 bits per heavy atom. The second-order valence-electron chi connectivity index (χ2n) is 10.5. The third-order valence-electron chi connectivity index (χ3n) is 7.49. The summed E-state index contributed by atoms with van der Waals surface area (Å²) in [5, 5.41) is 0. The largest absolute Gasteiger partial charge is 0.497 e. The molecule has 0 aliphatic rings. The van der Waals surface area contributed by atoms with Gasteiger partial charge in [-0.3, -0.25) is 23.7 Å².